The number of halogens is 2. The van der Waals surface area contributed by atoms with Crippen molar-refractivity contribution in [2.75, 3.05) is 12.4 Å². The van der Waals surface area contributed by atoms with Gasteiger partial charge in [0.1, 0.15) is 22.5 Å². The van der Waals surface area contributed by atoms with Crippen molar-refractivity contribution in [1.29, 1.82) is 0 Å². The van der Waals surface area contributed by atoms with Crippen molar-refractivity contribution in [2.24, 2.45) is 0 Å². The highest BCUT2D eigenvalue weighted by molar-refractivity contribution is 6.33. The average Bonchev–Trinajstić information content (AvgIpc) is 2.45. The molecule has 0 unspecified atom stereocenters. The largest absolute Gasteiger partial charge is 0.497 e. The second-order valence-electron chi connectivity index (χ2n) is 4.23. The SMILES string of the molecule is CCc1nc(Cl)c(C)c(Nc2cc(OC)ccc2Cl)n1. The number of methoxy groups -OCH3 is 1. The van der Waals surface area contributed by atoms with Crippen LogP contribution < -0.4 is 10.1 Å². The van der Waals surface area contributed by atoms with Crippen molar-refractivity contribution in [3.63, 3.8) is 0 Å². The van der Waals surface area contributed by atoms with E-state index in [1.807, 2.05) is 19.9 Å². The van der Waals surface area contributed by atoms with Crippen LogP contribution >= 0.6 is 23.2 Å². The summed E-state index contributed by atoms with van der Waals surface area (Å²) in [6, 6.07) is 5.37. The molecule has 20 heavy (non-hydrogen) atoms. The molecule has 0 atom stereocenters. The molecule has 2 rings (SSSR count). The first-order chi connectivity index (χ1) is 9.55. The predicted octanol–water partition coefficient (Wildman–Crippen LogP) is 4.41. The molecule has 0 aliphatic rings. The fourth-order valence-corrected chi connectivity index (χ4v) is 2.02. The van der Waals surface area contributed by atoms with Gasteiger partial charge in [-0.25, -0.2) is 9.97 Å². The minimum absolute atomic E-state index is 0.443. The summed E-state index contributed by atoms with van der Waals surface area (Å²) in [5.74, 6) is 2.05. The fraction of sp³-hybridized carbons (Fsp3) is 0.286. The van der Waals surface area contributed by atoms with Crippen LogP contribution in [0.3, 0.4) is 0 Å². The Kier molecular flexibility index (Phi) is 4.68. The Labute approximate surface area is 128 Å². The second-order valence-corrected chi connectivity index (χ2v) is 4.99. The van der Waals surface area contributed by atoms with Crippen molar-refractivity contribution in [3.8, 4) is 5.75 Å². The number of nitrogens with zero attached hydrogens (tertiary/aromatic N) is 2. The summed E-state index contributed by atoms with van der Waals surface area (Å²) in [6.07, 6.45) is 0.709. The van der Waals surface area contributed by atoms with Crippen molar-refractivity contribution >= 4 is 34.7 Å². The van der Waals surface area contributed by atoms with Crippen molar-refractivity contribution in [1.82, 2.24) is 9.97 Å². The summed E-state index contributed by atoms with van der Waals surface area (Å²) in [5.41, 5.74) is 1.49. The van der Waals surface area contributed by atoms with Gasteiger partial charge in [0, 0.05) is 18.1 Å². The lowest BCUT2D eigenvalue weighted by Crippen LogP contribution is -2.03. The first kappa shape index (κ1) is 14.9. The number of hydrogen-bond donors (Lipinski definition) is 1. The first-order valence-electron chi connectivity index (χ1n) is 6.18. The van der Waals surface area contributed by atoms with Gasteiger partial charge in [0.2, 0.25) is 0 Å². The Hall–Kier alpha value is -1.52. The average molecular weight is 312 g/mol. The number of benzene rings is 1. The molecular formula is C14H15Cl2N3O. The maximum Gasteiger partial charge on any atom is 0.138 e. The highest BCUT2D eigenvalue weighted by Gasteiger charge is 2.11. The van der Waals surface area contributed by atoms with Crippen LogP contribution in [0.15, 0.2) is 18.2 Å². The number of nitrogens with one attached hydrogen (secondary N) is 1. The molecule has 0 spiro atoms. The third-order valence-corrected chi connectivity index (χ3v) is 3.57. The summed E-state index contributed by atoms with van der Waals surface area (Å²) in [6.45, 7) is 3.83. The van der Waals surface area contributed by atoms with Gasteiger partial charge < -0.3 is 10.1 Å². The molecule has 0 saturated heterocycles. The second kappa shape index (κ2) is 6.29. The minimum atomic E-state index is 0.443. The molecule has 2 aromatic rings. The Morgan fingerprint density at radius 3 is 2.65 bits per heavy atom. The molecule has 0 amide bonds. The smallest absolute Gasteiger partial charge is 0.138 e. The van der Waals surface area contributed by atoms with Gasteiger partial charge in [0.05, 0.1) is 17.8 Å². The van der Waals surface area contributed by atoms with E-state index in [2.05, 4.69) is 15.3 Å². The monoisotopic (exact) mass is 311 g/mol. The number of ether oxygens (including phenoxy) is 1. The molecule has 0 saturated carbocycles. The topological polar surface area (TPSA) is 47.0 Å². The van der Waals surface area contributed by atoms with Crippen LogP contribution in [-0.4, -0.2) is 17.1 Å². The van der Waals surface area contributed by atoms with Crippen LogP contribution in [0.5, 0.6) is 5.75 Å². The van der Waals surface area contributed by atoms with E-state index in [0.29, 0.717) is 39.7 Å². The molecule has 1 aromatic heterocycles. The van der Waals surface area contributed by atoms with E-state index in [1.54, 1.807) is 19.2 Å². The molecule has 0 aliphatic carbocycles. The zero-order valence-electron chi connectivity index (χ0n) is 11.5. The lowest BCUT2D eigenvalue weighted by atomic mass is 10.2. The van der Waals surface area contributed by atoms with Gasteiger partial charge in [-0.15, -0.1) is 0 Å². The van der Waals surface area contributed by atoms with Crippen molar-refractivity contribution < 1.29 is 4.74 Å². The van der Waals surface area contributed by atoms with Crippen LogP contribution in [0, 0.1) is 6.92 Å². The molecule has 0 fully saturated rings. The highest BCUT2D eigenvalue weighted by Crippen LogP contribution is 2.31. The summed E-state index contributed by atoms with van der Waals surface area (Å²) in [5, 5.41) is 4.21. The van der Waals surface area contributed by atoms with Crippen LogP contribution in [0.1, 0.15) is 18.3 Å². The van der Waals surface area contributed by atoms with E-state index >= 15 is 0 Å². The number of aryl methyl sites for hydroxylation is 1. The Morgan fingerprint density at radius 2 is 2.00 bits per heavy atom. The first-order valence-corrected chi connectivity index (χ1v) is 6.94. The molecule has 0 radical (unpaired) electrons. The molecule has 6 heteroatoms. The van der Waals surface area contributed by atoms with Crippen molar-refractivity contribution in [3.05, 3.63) is 39.8 Å². The van der Waals surface area contributed by atoms with Gasteiger partial charge in [-0.3, -0.25) is 0 Å². The van der Waals surface area contributed by atoms with E-state index in [1.165, 1.54) is 0 Å². The maximum atomic E-state index is 6.17. The molecular weight excluding hydrogens is 297 g/mol. The fourth-order valence-electron chi connectivity index (χ4n) is 1.67. The standard InChI is InChI=1S/C14H15Cl2N3O/c1-4-12-18-13(16)8(2)14(19-12)17-11-7-9(20-3)5-6-10(11)15/h5-7H,4H2,1-3H3,(H,17,18,19). The van der Waals surface area contributed by atoms with Gasteiger partial charge in [0.25, 0.3) is 0 Å². The van der Waals surface area contributed by atoms with Gasteiger partial charge in [-0.05, 0) is 19.1 Å². The Balaban J connectivity index is 2.41. The van der Waals surface area contributed by atoms with Gasteiger partial charge >= 0.3 is 0 Å². The quantitative estimate of drug-likeness (QED) is 0.850. The number of anilines is 2. The van der Waals surface area contributed by atoms with Crippen LogP contribution in [0.2, 0.25) is 10.2 Å². The minimum Gasteiger partial charge on any atom is -0.497 e. The van der Waals surface area contributed by atoms with Crippen LogP contribution in [0.25, 0.3) is 0 Å². The lowest BCUT2D eigenvalue weighted by molar-refractivity contribution is 0.415. The van der Waals surface area contributed by atoms with E-state index in [4.69, 9.17) is 27.9 Å². The number of hydrogen-bond acceptors (Lipinski definition) is 4. The molecule has 4 nitrogen and oxygen atoms in total. The molecule has 1 N–H and O–H groups in total. The Morgan fingerprint density at radius 1 is 1.25 bits per heavy atom. The Bertz CT molecular complexity index is 632. The molecule has 0 aliphatic heterocycles. The van der Waals surface area contributed by atoms with Crippen LogP contribution in [0.4, 0.5) is 11.5 Å². The van der Waals surface area contributed by atoms with E-state index < -0.39 is 0 Å². The van der Waals surface area contributed by atoms with E-state index in [-0.39, 0.29) is 0 Å². The van der Waals surface area contributed by atoms with E-state index in [9.17, 15) is 0 Å². The zero-order chi connectivity index (χ0) is 14.7. The zero-order valence-corrected chi connectivity index (χ0v) is 13.0. The summed E-state index contributed by atoms with van der Waals surface area (Å²) in [4.78, 5) is 8.64. The van der Waals surface area contributed by atoms with Crippen LogP contribution in [-0.2, 0) is 6.42 Å². The third kappa shape index (κ3) is 3.14. The van der Waals surface area contributed by atoms with E-state index in [0.717, 1.165) is 5.56 Å². The van der Waals surface area contributed by atoms with Crippen molar-refractivity contribution in [2.45, 2.75) is 20.3 Å². The molecule has 1 heterocycles. The predicted molar refractivity (Wildman–Crippen MR) is 82.4 cm³/mol. The number of rotatable bonds is 4. The molecule has 1 aromatic carbocycles. The third-order valence-electron chi connectivity index (χ3n) is 2.88. The van der Waals surface area contributed by atoms with Gasteiger partial charge in [-0.1, -0.05) is 30.1 Å². The summed E-state index contributed by atoms with van der Waals surface area (Å²) in [7, 11) is 1.61. The molecule has 0 bridgehead atoms. The van der Waals surface area contributed by atoms with Gasteiger partial charge in [-0.2, -0.15) is 0 Å². The lowest BCUT2D eigenvalue weighted by Gasteiger charge is -2.13. The molecule has 106 valence electrons. The normalized spacial score (nSPS) is 10.4. The summed E-state index contributed by atoms with van der Waals surface area (Å²) >= 11 is 12.3. The van der Waals surface area contributed by atoms with Gasteiger partial charge in [0.15, 0.2) is 0 Å². The maximum absolute atomic E-state index is 6.17. The highest BCUT2D eigenvalue weighted by atomic mass is 35.5. The number of aromatic nitrogens is 2. The summed E-state index contributed by atoms with van der Waals surface area (Å²) < 4.78 is 5.19.